The Morgan fingerprint density at radius 3 is 2.44 bits per heavy atom. The van der Waals surface area contributed by atoms with Crippen LogP contribution in [-0.4, -0.2) is 29.9 Å². The molecule has 0 saturated heterocycles. The minimum absolute atomic E-state index is 0.134. The van der Waals surface area contributed by atoms with Crippen LogP contribution in [-0.2, 0) is 9.59 Å². The van der Waals surface area contributed by atoms with E-state index in [1.807, 2.05) is 0 Å². The number of methoxy groups -OCH3 is 1. The number of nitro benzene ring substituents is 1. The Hall–Kier alpha value is -3.62. The average Bonchev–Trinajstić information content (AvgIpc) is 2.61. The van der Waals surface area contributed by atoms with Gasteiger partial charge in [-0.1, -0.05) is 6.07 Å². The highest BCUT2D eigenvalue weighted by molar-refractivity contribution is 5.97. The van der Waals surface area contributed by atoms with E-state index in [4.69, 9.17) is 4.74 Å². The number of nitro groups is 1. The molecule has 0 unspecified atom stereocenters. The van der Waals surface area contributed by atoms with Gasteiger partial charge in [0.15, 0.2) is 0 Å². The van der Waals surface area contributed by atoms with Crippen molar-refractivity contribution in [3.63, 3.8) is 0 Å². The van der Waals surface area contributed by atoms with Gasteiger partial charge in [-0.2, -0.15) is 0 Å². The Morgan fingerprint density at radius 1 is 1.11 bits per heavy atom. The molecule has 0 fully saturated rings. The third kappa shape index (κ3) is 5.43. The summed E-state index contributed by atoms with van der Waals surface area (Å²) in [4.78, 5) is 33.9. The van der Waals surface area contributed by atoms with Crippen LogP contribution in [0.15, 0.2) is 42.5 Å². The second kappa shape index (κ2) is 8.65. The van der Waals surface area contributed by atoms with Gasteiger partial charge < -0.3 is 20.7 Å². The number of benzene rings is 2. The molecule has 0 heterocycles. The predicted octanol–water partition coefficient (Wildman–Crippen LogP) is 3.00. The molecule has 1 atom stereocenters. The Morgan fingerprint density at radius 2 is 1.81 bits per heavy atom. The number of non-ortho nitro benzene ring substituents is 1. The Bertz CT molecular complexity index is 869. The zero-order chi connectivity index (χ0) is 20.0. The summed E-state index contributed by atoms with van der Waals surface area (Å²) in [5.74, 6) is -0.354. The lowest BCUT2D eigenvalue weighted by Crippen LogP contribution is -2.32. The number of nitrogens with one attached hydrogen (secondary N) is 3. The molecule has 0 aliphatic carbocycles. The summed E-state index contributed by atoms with van der Waals surface area (Å²) in [6.07, 6.45) is 0. The van der Waals surface area contributed by atoms with E-state index in [2.05, 4.69) is 16.0 Å². The van der Waals surface area contributed by atoms with E-state index in [-0.39, 0.29) is 23.3 Å². The first-order valence-electron chi connectivity index (χ1n) is 8.07. The molecule has 0 aromatic heterocycles. The SMILES string of the molecule is COc1cc([N+](=O)[O-])ccc1NC(=O)[C@H](C)Nc1cccc(NC(C)=O)c1. The molecule has 9 heteroatoms. The van der Waals surface area contributed by atoms with Crippen LogP contribution in [0.3, 0.4) is 0 Å². The largest absolute Gasteiger partial charge is 0.494 e. The van der Waals surface area contributed by atoms with Gasteiger partial charge in [-0.05, 0) is 31.2 Å². The second-order valence-corrected chi connectivity index (χ2v) is 5.76. The predicted molar refractivity (Wildman–Crippen MR) is 102 cm³/mol. The van der Waals surface area contributed by atoms with Crippen molar-refractivity contribution in [1.82, 2.24) is 0 Å². The molecule has 0 bridgehead atoms. The van der Waals surface area contributed by atoms with Crippen LogP contribution in [0, 0.1) is 10.1 Å². The average molecular weight is 372 g/mol. The lowest BCUT2D eigenvalue weighted by atomic mass is 10.2. The fourth-order valence-electron chi connectivity index (χ4n) is 2.34. The third-order valence-electron chi connectivity index (χ3n) is 3.61. The van der Waals surface area contributed by atoms with Crippen molar-refractivity contribution in [2.24, 2.45) is 0 Å². The van der Waals surface area contributed by atoms with Gasteiger partial charge in [0.2, 0.25) is 11.8 Å². The number of nitrogens with zero attached hydrogens (tertiary/aromatic N) is 1. The highest BCUT2D eigenvalue weighted by Crippen LogP contribution is 2.29. The first-order chi connectivity index (χ1) is 12.8. The first-order valence-corrected chi connectivity index (χ1v) is 8.07. The molecule has 0 radical (unpaired) electrons. The van der Waals surface area contributed by atoms with Crippen LogP contribution in [0.4, 0.5) is 22.7 Å². The number of carbonyl (C=O) groups is 2. The van der Waals surface area contributed by atoms with Gasteiger partial charge in [-0.25, -0.2) is 0 Å². The number of anilines is 3. The van der Waals surface area contributed by atoms with Gasteiger partial charge >= 0.3 is 0 Å². The van der Waals surface area contributed by atoms with Gasteiger partial charge in [0.25, 0.3) is 5.69 Å². The number of carbonyl (C=O) groups excluding carboxylic acids is 2. The number of hydrogen-bond donors (Lipinski definition) is 3. The molecule has 2 amide bonds. The van der Waals surface area contributed by atoms with Crippen molar-refractivity contribution in [3.05, 3.63) is 52.6 Å². The van der Waals surface area contributed by atoms with Gasteiger partial charge in [0, 0.05) is 24.4 Å². The van der Waals surface area contributed by atoms with E-state index in [0.29, 0.717) is 17.1 Å². The molecule has 9 nitrogen and oxygen atoms in total. The van der Waals surface area contributed by atoms with Crippen LogP contribution in [0.1, 0.15) is 13.8 Å². The summed E-state index contributed by atoms with van der Waals surface area (Å²) in [5.41, 5.74) is 1.45. The lowest BCUT2D eigenvalue weighted by molar-refractivity contribution is -0.384. The summed E-state index contributed by atoms with van der Waals surface area (Å²) >= 11 is 0. The molecule has 2 aromatic carbocycles. The van der Waals surface area contributed by atoms with Crippen LogP contribution in [0.5, 0.6) is 5.75 Å². The maximum absolute atomic E-state index is 12.4. The fraction of sp³-hybridized carbons (Fsp3) is 0.222. The highest BCUT2D eigenvalue weighted by Gasteiger charge is 2.17. The monoisotopic (exact) mass is 372 g/mol. The van der Waals surface area contributed by atoms with E-state index in [1.165, 1.54) is 32.2 Å². The van der Waals surface area contributed by atoms with E-state index in [1.54, 1.807) is 31.2 Å². The zero-order valence-corrected chi connectivity index (χ0v) is 15.1. The summed E-state index contributed by atoms with van der Waals surface area (Å²) in [6, 6.07) is 10.3. The zero-order valence-electron chi connectivity index (χ0n) is 15.1. The molecular weight excluding hydrogens is 352 g/mol. The van der Waals surface area contributed by atoms with Crippen molar-refractivity contribution in [3.8, 4) is 5.75 Å². The van der Waals surface area contributed by atoms with E-state index >= 15 is 0 Å². The van der Waals surface area contributed by atoms with Gasteiger partial charge in [-0.3, -0.25) is 19.7 Å². The molecule has 27 heavy (non-hydrogen) atoms. The topological polar surface area (TPSA) is 123 Å². The van der Waals surface area contributed by atoms with Crippen LogP contribution < -0.4 is 20.7 Å². The van der Waals surface area contributed by atoms with E-state index < -0.39 is 11.0 Å². The van der Waals surface area contributed by atoms with Crippen molar-refractivity contribution in [2.45, 2.75) is 19.9 Å². The summed E-state index contributed by atoms with van der Waals surface area (Å²) in [5, 5.41) is 19.2. The maximum Gasteiger partial charge on any atom is 0.273 e. The highest BCUT2D eigenvalue weighted by atomic mass is 16.6. The standard InChI is InChI=1S/C18H20N4O5/c1-11(19-13-5-4-6-14(9-13)20-12(2)23)18(24)21-16-8-7-15(22(25)26)10-17(16)27-3/h4-11,19H,1-3H3,(H,20,23)(H,21,24)/t11-/m0/s1. The van der Waals surface area contributed by atoms with Crippen molar-refractivity contribution in [2.75, 3.05) is 23.1 Å². The maximum atomic E-state index is 12.4. The Labute approximate surface area is 155 Å². The number of ether oxygens (including phenoxy) is 1. The molecule has 2 rings (SSSR count). The quantitative estimate of drug-likeness (QED) is 0.507. The first kappa shape index (κ1) is 19.7. The van der Waals surface area contributed by atoms with Crippen molar-refractivity contribution < 1.29 is 19.2 Å². The van der Waals surface area contributed by atoms with Gasteiger partial charge in [-0.15, -0.1) is 0 Å². The molecular formula is C18H20N4O5. The number of amides is 2. The van der Waals surface area contributed by atoms with Gasteiger partial charge in [0.05, 0.1) is 23.8 Å². The molecule has 3 N–H and O–H groups in total. The Kier molecular flexibility index (Phi) is 6.32. The molecule has 0 spiro atoms. The normalized spacial score (nSPS) is 11.2. The summed E-state index contributed by atoms with van der Waals surface area (Å²) < 4.78 is 5.11. The second-order valence-electron chi connectivity index (χ2n) is 5.76. The minimum atomic E-state index is -0.613. The third-order valence-corrected chi connectivity index (χ3v) is 3.61. The van der Waals surface area contributed by atoms with E-state index in [9.17, 15) is 19.7 Å². The van der Waals surface area contributed by atoms with Crippen LogP contribution in [0.25, 0.3) is 0 Å². The molecule has 2 aromatic rings. The van der Waals surface area contributed by atoms with Crippen molar-refractivity contribution in [1.29, 1.82) is 0 Å². The van der Waals surface area contributed by atoms with Crippen molar-refractivity contribution >= 4 is 34.6 Å². The fourth-order valence-corrected chi connectivity index (χ4v) is 2.34. The van der Waals surface area contributed by atoms with E-state index in [0.717, 1.165) is 0 Å². The lowest BCUT2D eigenvalue weighted by Gasteiger charge is -2.17. The number of rotatable bonds is 7. The smallest absolute Gasteiger partial charge is 0.273 e. The van der Waals surface area contributed by atoms with Gasteiger partial charge in [0.1, 0.15) is 11.8 Å². The molecule has 142 valence electrons. The molecule has 0 aliphatic rings. The Balaban J connectivity index is 2.08. The van der Waals surface area contributed by atoms with Crippen LogP contribution in [0.2, 0.25) is 0 Å². The number of hydrogen-bond acceptors (Lipinski definition) is 6. The summed E-state index contributed by atoms with van der Waals surface area (Å²) in [6.45, 7) is 3.08. The molecule has 0 aliphatic heterocycles. The summed E-state index contributed by atoms with van der Waals surface area (Å²) in [7, 11) is 1.36. The van der Waals surface area contributed by atoms with Crippen LogP contribution >= 0.6 is 0 Å². The minimum Gasteiger partial charge on any atom is -0.494 e. The molecule has 0 saturated carbocycles.